The number of hydrogen-bond donors (Lipinski definition) is 0. The van der Waals surface area contributed by atoms with E-state index in [0.29, 0.717) is 5.75 Å². The van der Waals surface area contributed by atoms with E-state index in [1.807, 2.05) is 0 Å². The van der Waals surface area contributed by atoms with Crippen LogP contribution in [0.3, 0.4) is 0 Å². The molecule has 0 unspecified atom stereocenters. The summed E-state index contributed by atoms with van der Waals surface area (Å²) in [5, 5.41) is 0. The molecule has 0 N–H and O–H groups in total. The fourth-order valence-electron chi connectivity index (χ4n) is 1.27. The van der Waals surface area contributed by atoms with Gasteiger partial charge in [-0.05, 0) is 24.3 Å². The maximum Gasteiger partial charge on any atom is 0.498 e. The van der Waals surface area contributed by atoms with Gasteiger partial charge in [-0.3, -0.25) is 0 Å². The van der Waals surface area contributed by atoms with Crippen molar-refractivity contribution < 1.29 is 43.2 Å². The van der Waals surface area contributed by atoms with Gasteiger partial charge in [0.25, 0.3) is 19.7 Å². The van der Waals surface area contributed by atoms with Crippen LogP contribution < -0.4 is 0 Å². The minimum Gasteiger partial charge on any atom is -0.218 e. The molecule has 0 aromatic heterocycles. The summed E-state index contributed by atoms with van der Waals surface area (Å²) in [6.45, 7) is 1.67. The molecule has 0 radical (unpaired) electrons. The molecule has 21 heavy (non-hydrogen) atoms. The predicted octanol–water partition coefficient (Wildman–Crippen LogP) is 2.72. The highest BCUT2D eigenvalue weighted by atomic mass is 32.3. The lowest BCUT2D eigenvalue weighted by Crippen LogP contribution is -2.44. The fourth-order valence-corrected chi connectivity index (χ4v) is 5.47. The number of thioether (sulfide) groups is 1. The molecule has 0 saturated heterocycles. The van der Waals surface area contributed by atoms with E-state index in [0.717, 1.165) is 11.8 Å². The van der Waals surface area contributed by atoms with Gasteiger partial charge < -0.3 is 0 Å². The van der Waals surface area contributed by atoms with Crippen LogP contribution in [-0.4, -0.2) is 43.9 Å². The van der Waals surface area contributed by atoms with Crippen LogP contribution in [0.4, 0.5) is 26.3 Å². The topological polar surface area (TPSA) is 68.3 Å². The van der Waals surface area contributed by atoms with Crippen LogP contribution in [0.15, 0.2) is 0 Å². The molecule has 0 saturated carbocycles. The molecule has 0 aliphatic carbocycles. The molecule has 13 heteroatoms. The van der Waals surface area contributed by atoms with Crippen LogP contribution in [0.2, 0.25) is 0 Å². The largest absolute Gasteiger partial charge is 0.498 e. The summed E-state index contributed by atoms with van der Waals surface area (Å²) in [5.41, 5.74) is -12.2. The van der Waals surface area contributed by atoms with E-state index in [4.69, 9.17) is 0 Å². The van der Waals surface area contributed by atoms with Gasteiger partial charge in [0.05, 0.1) is 0 Å². The summed E-state index contributed by atoms with van der Waals surface area (Å²) < 4.78 is 115. The van der Waals surface area contributed by atoms with Gasteiger partial charge in [0.1, 0.15) is 0 Å². The monoisotopic (exact) mass is 382 g/mol. The molecule has 0 rings (SSSR count). The lowest BCUT2D eigenvalue weighted by Gasteiger charge is -2.20. The van der Waals surface area contributed by atoms with Gasteiger partial charge in [0.2, 0.25) is 0 Å². The summed E-state index contributed by atoms with van der Waals surface area (Å²) in [4.78, 5) is 0. The van der Waals surface area contributed by atoms with Crippen molar-refractivity contribution in [1.82, 2.24) is 0 Å². The molecule has 0 aliphatic heterocycles. The molecular formula is C8H12F6O4S3. The molecule has 0 spiro atoms. The maximum atomic E-state index is 12.4. The third-order valence-corrected chi connectivity index (χ3v) is 7.92. The van der Waals surface area contributed by atoms with Crippen molar-refractivity contribution in [3.05, 3.63) is 0 Å². The highest BCUT2D eigenvalue weighted by Gasteiger charge is 2.62. The van der Waals surface area contributed by atoms with Crippen LogP contribution in [0, 0.1) is 0 Å². The Labute approximate surface area is 122 Å². The molecule has 0 amide bonds. The molecule has 0 aromatic carbocycles. The summed E-state index contributed by atoms with van der Waals surface area (Å²) in [5.74, 6) is 0.552. The van der Waals surface area contributed by atoms with Crippen molar-refractivity contribution in [2.75, 3.05) is 11.5 Å². The standard InChI is InChI=1S/C8H12F6O4S3/c1-2-19-5-3-4-6(20(15,16)7(9,10)11)21(17,18)8(12,13)14/h6H,2-5H2,1H3. The van der Waals surface area contributed by atoms with E-state index >= 15 is 0 Å². The van der Waals surface area contributed by atoms with Crippen LogP contribution >= 0.6 is 11.8 Å². The summed E-state index contributed by atoms with van der Waals surface area (Å²) in [6.07, 6.45) is -1.68. The van der Waals surface area contributed by atoms with E-state index in [9.17, 15) is 43.2 Å². The Morgan fingerprint density at radius 1 is 0.905 bits per heavy atom. The maximum absolute atomic E-state index is 12.4. The molecule has 128 valence electrons. The first-order valence-electron chi connectivity index (χ1n) is 5.37. The minimum absolute atomic E-state index is 0.0494. The average Bonchev–Trinajstić information content (AvgIpc) is 2.25. The third-order valence-electron chi connectivity index (χ3n) is 2.27. The molecular weight excluding hydrogens is 370 g/mol. The molecule has 0 aromatic rings. The van der Waals surface area contributed by atoms with E-state index < -0.39 is 48.1 Å². The van der Waals surface area contributed by atoms with Crippen molar-refractivity contribution >= 4 is 31.4 Å². The zero-order valence-corrected chi connectivity index (χ0v) is 13.0. The van der Waals surface area contributed by atoms with Gasteiger partial charge in [-0.1, -0.05) is 6.92 Å². The fraction of sp³-hybridized carbons (Fsp3) is 1.00. The number of hydrogen-bond acceptors (Lipinski definition) is 5. The van der Waals surface area contributed by atoms with Gasteiger partial charge in [0.15, 0.2) is 4.58 Å². The van der Waals surface area contributed by atoms with E-state index in [-0.39, 0.29) is 5.75 Å². The highest BCUT2D eigenvalue weighted by molar-refractivity contribution is 8.09. The lowest BCUT2D eigenvalue weighted by molar-refractivity contribution is -0.0472. The van der Waals surface area contributed by atoms with E-state index in [1.165, 1.54) is 0 Å². The Kier molecular flexibility index (Phi) is 6.88. The number of sulfone groups is 2. The van der Waals surface area contributed by atoms with Crippen molar-refractivity contribution in [3.8, 4) is 0 Å². The molecule has 0 heterocycles. The van der Waals surface area contributed by atoms with Crippen molar-refractivity contribution in [2.45, 2.75) is 35.4 Å². The Morgan fingerprint density at radius 2 is 1.29 bits per heavy atom. The Bertz CT molecular complexity index is 489. The Hall–Kier alpha value is -0.170. The van der Waals surface area contributed by atoms with Crippen LogP contribution in [0.25, 0.3) is 0 Å². The van der Waals surface area contributed by atoms with Gasteiger partial charge in [-0.15, -0.1) is 0 Å². The summed E-state index contributed by atoms with van der Waals surface area (Å²) in [6, 6.07) is 0. The lowest BCUT2D eigenvalue weighted by atomic mass is 10.4. The van der Waals surface area contributed by atoms with Crippen LogP contribution in [-0.2, 0) is 19.7 Å². The number of alkyl halides is 6. The van der Waals surface area contributed by atoms with Crippen molar-refractivity contribution in [3.63, 3.8) is 0 Å². The van der Waals surface area contributed by atoms with Crippen molar-refractivity contribution in [1.29, 1.82) is 0 Å². The van der Waals surface area contributed by atoms with Crippen molar-refractivity contribution in [2.24, 2.45) is 0 Å². The van der Waals surface area contributed by atoms with E-state index in [2.05, 4.69) is 0 Å². The first-order valence-corrected chi connectivity index (χ1v) is 9.62. The highest BCUT2D eigenvalue weighted by Crippen LogP contribution is 2.38. The molecule has 4 nitrogen and oxygen atoms in total. The predicted molar refractivity (Wildman–Crippen MR) is 66.0 cm³/mol. The zero-order valence-electron chi connectivity index (χ0n) is 10.5. The van der Waals surface area contributed by atoms with Gasteiger partial charge in [0, 0.05) is 0 Å². The number of rotatable bonds is 7. The normalized spacial score (nSPS) is 14.7. The number of halogens is 6. The van der Waals surface area contributed by atoms with E-state index in [1.54, 1.807) is 6.92 Å². The van der Waals surface area contributed by atoms with Crippen LogP contribution in [0.1, 0.15) is 19.8 Å². The Balaban J connectivity index is 5.63. The molecule has 0 bridgehead atoms. The first kappa shape index (κ1) is 20.8. The zero-order chi connectivity index (χ0) is 17.1. The quantitative estimate of drug-likeness (QED) is 0.500. The smallest absolute Gasteiger partial charge is 0.218 e. The second-order valence-corrected chi connectivity index (χ2v) is 9.69. The minimum atomic E-state index is -6.48. The van der Waals surface area contributed by atoms with Gasteiger partial charge in [-0.2, -0.15) is 38.1 Å². The van der Waals surface area contributed by atoms with Gasteiger partial charge >= 0.3 is 11.0 Å². The molecule has 0 aliphatic rings. The Morgan fingerprint density at radius 3 is 1.57 bits per heavy atom. The van der Waals surface area contributed by atoms with Crippen LogP contribution in [0.5, 0.6) is 0 Å². The molecule has 0 atom stereocenters. The average molecular weight is 382 g/mol. The molecule has 0 fully saturated rings. The second kappa shape index (κ2) is 6.94. The summed E-state index contributed by atoms with van der Waals surface area (Å²) >= 11 is 1.13. The third kappa shape index (κ3) is 4.91. The summed E-state index contributed by atoms with van der Waals surface area (Å²) in [7, 11) is -13.0. The SMILES string of the molecule is CCSCCCC(S(=O)(=O)C(F)(F)F)S(=O)(=O)C(F)(F)F. The van der Waals surface area contributed by atoms with Gasteiger partial charge in [-0.25, -0.2) is 16.8 Å². The second-order valence-electron chi connectivity index (χ2n) is 3.75. The first-order chi connectivity index (χ1) is 9.19.